The largest absolute Gasteiger partial charge is 0.495 e. The number of amides is 1. The van der Waals surface area contributed by atoms with Gasteiger partial charge in [-0.1, -0.05) is 31.2 Å². The van der Waals surface area contributed by atoms with Crippen molar-refractivity contribution in [3.8, 4) is 5.75 Å². The number of carbonyl (C=O) groups is 1. The summed E-state index contributed by atoms with van der Waals surface area (Å²) < 4.78 is 31.2. The lowest BCUT2D eigenvalue weighted by Gasteiger charge is -2.32. The zero-order valence-electron chi connectivity index (χ0n) is 19.8. The second-order valence-corrected chi connectivity index (χ2v) is 10.7. The highest BCUT2D eigenvalue weighted by molar-refractivity contribution is 7.92. The number of benzene rings is 2. The summed E-state index contributed by atoms with van der Waals surface area (Å²) in [5.41, 5.74) is 2.75. The van der Waals surface area contributed by atoms with Crippen molar-refractivity contribution in [1.82, 2.24) is 5.32 Å². The van der Waals surface area contributed by atoms with E-state index in [1.807, 2.05) is 0 Å². The van der Waals surface area contributed by atoms with Crippen LogP contribution in [0.15, 0.2) is 48.5 Å². The van der Waals surface area contributed by atoms with E-state index in [9.17, 15) is 13.2 Å². The third kappa shape index (κ3) is 7.12. The Morgan fingerprint density at radius 2 is 1.91 bits per heavy atom. The van der Waals surface area contributed by atoms with Crippen LogP contribution in [0.1, 0.15) is 38.2 Å². The first-order valence-electron chi connectivity index (χ1n) is 11.5. The Hall–Kier alpha value is -2.74. The molecule has 2 aromatic carbocycles. The number of rotatable bonds is 10. The van der Waals surface area contributed by atoms with Gasteiger partial charge in [0.1, 0.15) is 5.75 Å². The van der Waals surface area contributed by atoms with Crippen molar-refractivity contribution in [2.45, 2.75) is 39.2 Å². The van der Waals surface area contributed by atoms with Crippen molar-refractivity contribution in [2.75, 3.05) is 42.2 Å². The highest BCUT2D eigenvalue weighted by Crippen LogP contribution is 2.29. The van der Waals surface area contributed by atoms with E-state index in [4.69, 9.17) is 4.74 Å². The first kappa shape index (κ1) is 24.9. The summed E-state index contributed by atoms with van der Waals surface area (Å²) in [4.78, 5) is 14.8. The number of carbonyl (C=O) groups excluding carboxylic acids is 1. The third-order valence-electron chi connectivity index (χ3n) is 5.97. The monoisotopic (exact) mass is 473 g/mol. The molecule has 0 unspecified atom stereocenters. The van der Waals surface area contributed by atoms with Gasteiger partial charge in [0.25, 0.3) is 0 Å². The summed E-state index contributed by atoms with van der Waals surface area (Å²) in [6.07, 6.45) is 4.33. The number of nitrogens with one attached hydrogen (secondary N) is 1. The van der Waals surface area contributed by atoms with Crippen LogP contribution in [-0.2, 0) is 21.4 Å². The molecular weight excluding hydrogens is 438 g/mol. The lowest BCUT2D eigenvalue weighted by Crippen LogP contribution is -2.34. The Morgan fingerprint density at radius 3 is 2.58 bits per heavy atom. The van der Waals surface area contributed by atoms with E-state index < -0.39 is 10.0 Å². The first-order chi connectivity index (χ1) is 15.8. The third-order valence-corrected chi connectivity index (χ3v) is 7.15. The molecule has 1 aliphatic heterocycles. The molecule has 0 spiro atoms. The van der Waals surface area contributed by atoms with Gasteiger partial charge in [0.15, 0.2) is 0 Å². The summed E-state index contributed by atoms with van der Waals surface area (Å²) in [7, 11) is -2.00. The van der Waals surface area contributed by atoms with E-state index in [2.05, 4.69) is 41.4 Å². The van der Waals surface area contributed by atoms with Gasteiger partial charge in [0, 0.05) is 38.3 Å². The van der Waals surface area contributed by atoms with E-state index in [0.29, 0.717) is 24.4 Å². The number of ether oxygens (including phenoxy) is 1. The molecule has 1 N–H and O–H groups in total. The molecule has 1 aliphatic rings. The van der Waals surface area contributed by atoms with E-state index >= 15 is 0 Å². The summed E-state index contributed by atoms with van der Waals surface area (Å²) in [6.45, 7) is 5.14. The van der Waals surface area contributed by atoms with Crippen LogP contribution in [0.4, 0.5) is 11.4 Å². The standard InChI is InChI=1S/C25H35N3O4S/c1-20-8-6-16-27(19-20)22-14-12-21(13-15-22)18-26-25(29)11-7-17-28(33(3,30)31)23-9-4-5-10-24(23)32-2/h4-5,9-10,12-15,20H,6-8,11,16-19H2,1-3H3,(H,26,29)/t20-/m0/s1. The number of hydrogen-bond acceptors (Lipinski definition) is 5. The molecule has 1 saturated heterocycles. The van der Waals surface area contributed by atoms with Crippen molar-refractivity contribution < 1.29 is 17.9 Å². The molecule has 1 heterocycles. The number of hydrogen-bond donors (Lipinski definition) is 1. The van der Waals surface area contributed by atoms with Crippen LogP contribution < -0.4 is 19.3 Å². The fourth-order valence-electron chi connectivity index (χ4n) is 4.22. The lowest BCUT2D eigenvalue weighted by atomic mass is 9.99. The van der Waals surface area contributed by atoms with Gasteiger partial charge in [-0.2, -0.15) is 0 Å². The van der Waals surface area contributed by atoms with Crippen molar-refractivity contribution in [3.05, 3.63) is 54.1 Å². The second kappa shape index (κ2) is 11.4. The Kier molecular flexibility index (Phi) is 8.61. The van der Waals surface area contributed by atoms with Gasteiger partial charge in [0.05, 0.1) is 19.1 Å². The molecule has 33 heavy (non-hydrogen) atoms. The first-order valence-corrected chi connectivity index (χ1v) is 13.3. The predicted molar refractivity (Wildman–Crippen MR) is 133 cm³/mol. The van der Waals surface area contributed by atoms with E-state index in [-0.39, 0.29) is 18.9 Å². The van der Waals surface area contributed by atoms with Gasteiger partial charge in [-0.05, 0) is 55.0 Å². The molecule has 180 valence electrons. The fourth-order valence-corrected chi connectivity index (χ4v) is 5.19. The van der Waals surface area contributed by atoms with Gasteiger partial charge >= 0.3 is 0 Å². The normalized spacial score (nSPS) is 16.3. The maximum Gasteiger partial charge on any atom is 0.232 e. The van der Waals surface area contributed by atoms with Crippen LogP contribution in [0.3, 0.4) is 0 Å². The molecule has 0 radical (unpaired) electrons. The summed E-state index contributed by atoms with van der Waals surface area (Å²) in [5.74, 6) is 1.10. The Morgan fingerprint density at radius 1 is 1.18 bits per heavy atom. The Bertz CT molecular complexity index is 1020. The zero-order valence-corrected chi connectivity index (χ0v) is 20.6. The van der Waals surface area contributed by atoms with Gasteiger partial charge in [0.2, 0.25) is 15.9 Å². The Balaban J connectivity index is 1.48. The minimum atomic E-state index is -3.50. The maximum absolute atomic E-state index is 12.3. The van der Waals surface area contributed by atoms with Gasteiger partial charge in [-0.25, -0.2) is 8.42 Å². The predicted octanol–water partition coefficient (Wildman–Crippen LogP) is 3.79. The van der Waals surface area contributed by atoms with Crippen LogP contribution in [-0.4, -0.2) is 47.3 Å². The number of piperidine rings is 1. The summed E-state index contributed by atoms with van der Waals surface area (Å²) >= 11 is 0. The van der Waals surface area contributed by atoms with Crippen molar-refractivity contribution >= 4 is 27.3 Å². The molecule has 0 aliphatic carbocycles. The summed E-state index contributed by atoms with van der Waals surface area (Å²) in [5, 5.41) is 2.93. The minimum absolute atomic E-state index is 0.0996. The minimum Gasteiger partial charge on any atom is -0.495 e. The van der Waals surface area contributed by atoms with Crippen LogP contribution in [0, 0.1) is 5.92 Å². The number of sulfonamides is 1. The molecule has 3 rings (SSSR count). The average Bonchev–Trinajstić information content (AvgIpc) is 2.80. The number of methoxy groups -OCH3 is 1. The molecule has 1 fully saturated rings. The molecule has 0 bridgehead atoms. The Labute approximate surface area is 197 Å². The second-order valence-electron chi connectivity index (χ2n) is 8.75. The SMILES string of the molecule is COc1ccccc1N(CCCC(=O)NCc1ccc(N2CCC[C@H](C)C2)cc1)S(C)(=O)=O. The van der Waals surface area contributed by atoms with E-state index in [1.54, 1.807) is 24.3 Å². The highest BCUT2D eigenvalue weighted by atomic mass is 32.2. The molecule has 8 heteroatoms. The smallest absolute Gasteiger partial charge is 0.232 e. The molecule has 1 amide bonds. The summed E-state index contributed by atoms with van der Waals surface area (Å²) in [6, 6.07) is 15.3. The molecule has 0 aromatic heterocycles. The van der Waals surface area contributed by atoms with Crippen LogP contribution in [0.5, 0.6) is 5.75 Å². The van der Waals surface area contributed by atoms with E-state index in [1.165, 1.54) is 29.9 Å². The average molecular weight is 474 g/mol. The quantitative estimate of drug-likeness (QED) is 0.568. The fraction of sp³-hybridized carbons (Fsp3) is 0.480. The zero-order chi connectivity index (χ0) is 23.8. The van der Waals surface area contributed by atoms with Crippen molar-refractivity contribution in [1.29, 1.82) is 0 Å². The topological polar surface area (TPSA) is 79.0 Å². The number of para-hydroxylation sites is 2. The molecule has 7 nitrogen and oxygen atoms in total. The van der Waals surface area contributed by atoms with Gasteiger partial charge < -0.3 is 15.0 Å². The van der Waals surface area contributed by atoms with Gasteiger partial charge in [-0.3, -0.25) is 9.10 Å². The molecule has 2 aromatic rings. The van der Waals surface area contributed by atoms with Gasteiger partial charge in [-0.15, -0.1) is 0 Å². The van der Waals surface area contributed by atoms with Crippen LogP contribution >= 0.6 is 0 Å². The molecular formula is C25H35N3O4S. The van der Waals surface area contributed by atoms with E-state index in [0.717, 1.165) is 30.8 Å². The number of anilines is 2. The molecule has 1 atom stereocenters. The highest BCUT2D eigenvalue weighted by Gasteiger charge is 2.21. The van der Waals surface area contributed by atoms with Crippen LogP contribution in [0.2, 0.25) is 0 Å². The molecule has 0 saturated carbocycles. The lowest BCUT2D eigenvalue weighted by molar-refractivity contribution is -0.121. The van der Waals surface area contributed by atoms with Crippen molar-refractivity contribution in [3.63, 3.8) is 0 Å². The van der Waals surface area contributed by atoms with Crippen LogP contribution in [0.25, 0.3) is 0 Å². The maximum atomic E-state index is 12.3. The van der Waals surface area contributed by atoms with Crippen molar-refractivity contribution in [2.24, 2.45) is 5.92 Å². The number of nitrogens with zero attached hydrogens (tertiary/aromatic N) is 2.